The fourth-order valence-corrected chi connectivity index (χ4v) is 0.679. The summed E-state index contributed by atoms with van der Waals surface area (Å²) < 4.78 is 0. The summed E-state index contributed by atoms with van der Waals surface area (Å²) in [6.45, 7) is 0.587. The zero-order valence-electron chi connectivity index (χ0n) is 5.74. The molecule has 1 amide bonds. The van der Waals surface area contributed by atoms with Gasteiger partial charge in [-0.2, -0.15) is 5.10 Å². The summed E-state index contributed by atoms with van der Waals surface area (Å²) in [5.74, 6) is 0. The summed E-state index contributed by atoms with van der Waals surface area (Å²) in [6, 6.07) is 1.83. The van der Waals surface area contributed by atoms with Crippen molar-refractivity contribution in [3.63, 3.8) is 0 Å². The number of rotatable bonds is 3. The lowest BCUT2D eigenvalue weighted by Crippen LogP contribution is -2.14. The van der Waals surface area contributed by atoms with Gasteiger partial charge in [0.15, 0.2) is 0 Å². The molecule has 0 unspecified atom stereocenters. The monoisotopic (exact) mass is 139 g/mol. The maximum Gasteiger partial charge on any atom is 0.209 e. The van der Waals surface area contributed by atoms with Crippen molar-refractivity contribution in [2.24, 2.45) is 0 Å². The molecule has 0 atom stereocenters. The van der Waals surface area contributed by atoms with Gasteiger partial charge < -0.3 is 4.90 Å². The quantitative estimate of drug-likeness (QED) is 0.599. The van der Waals surface area contributed by atoms with E-state index < -0.39 is 0 Å². The van der Waals surface area contributed by atoms with Crippen LogP contribution in [0.2, 0.25) is 0 Å². The Labute approximate surface area is 58.8 Å². The first kappa shape index (κ1) is 6.80. The molecule has 0 bridgehead atoms. The average molecular weight is 139 g/mol. The van der Waals surface area contributed by atoms with Gasteiger partial charge in [0, 0.05) is 13.2 Å². The van der Waals surface area contributed by atoms with Gasteiger partial charge in [-0.15, -0.1) is 0 Å². The molecule has 0 aromatic carbocycles. The molecule has 1 heterocycles. The highest BCUT2D eigenvalue weighted by atomic mass is 16.1. The molecule has 54 valence electrons. The molecule has 0 aliphatic heterocycles. The van der Waals surface area contributed by atoms with E-state index in [1.54, 1.807) is 13.2 Å². The van der Waals surface area contributed by atoms with Crippen molar-refractivity contribution in [2.45, 2.75) is 6.54 Å². The molecule has 4 nitrogen and oxygen atoms in total. The Kier molecular flexibility index (Phi) is 2.04. The van der Waals surface area contributed by atoms with Gasteiger partial charge in [0.25, 0.3) is 0 Å². The van der Waals surface area contributed by atoms with Crippen LogP contribution in [-0.2, 0) is 11.3 Å². The van der Waals surface area contributed by atoms with Gasteiger partial charge in [0.1, 0.15) is 0 Å². The molecular weight excluding hydrogens is 130 g/mol. The van der Waals surface area contributed by atoms with Crippen LogP contribution in [0.15, 0.2) is 12.3 Å². The number of hydrogen-bond acceptors (Lipinski definition) is 2. The molecule has 1 rings (SSSR count). The predicted octanol–water partition coefficient (Wildman–Crippen LogP) is -0.00210. The molecule has 0 spiro atoms. The first-order valence-corrected chi connectivity index (χ1v) is 2.96. The van der Waals surface area contributed by atoms with Crippen molar-refractivity contribution in [1.82, 2.24) is 15.1 Å². The summed E-state index contributed by atoms with van der Waals surface area (Å²) in [5, 5.41) is 6.49. The van der Waals surface area contributed by atoms with E-state index in [2.05, 4.69) is 10.2 Å². The molecule has 1 aromatic heterocycles. The van der Waals surface area contributed by atoms with Gasteiger partial charge in [-0.3, -0.25) is 9.89 Å². The molecule has 0 radical (unpaired) electrons. The van der Waals surface area contributed by atoms with Crippen molar-refractivity contribution in [2.75, 3.05) is 7.05 Å². The van der Waals surface area contributed by atoms with Gasteiger partial charge >= 0.3 is 0 Å². The number of H-pyrrole nitrogens is 1. The Morgan fingerprint density at radius 2 is 2.70 bits per heavy atom. The van der Waals surface area contributed by atoms with E-state index in [1.165, 1.54) is 4.90 Å². The average Bonchev–Trinajstić information content (AvgIpc) is 2.40. The molecule has 0 aliphatic carbocycles. The van der Waals surface area contributed by atoms with E-state index in [9.17, 15) is 4.79 Å². The molecule has 1 N–H and O–H groups in total. The number of carbonyl (C=O) groups is 1. The number of hydrogen-bond donors (Lipinski definition) is 1. The molecular formula is C6H9N3O. The number of aromatic amines is 1. The molecule has 0 saturated heterocycles. The SMILES string of the molecule is CN(C=O)Cc1ccn[nH]1. The summed E-state index contributed by atoms with van der Waals surface area (Å²) in [7, 11) is 1.72. The van der Waals surface area contributed by atoms with Crippen molar-refractivity contribution < 1.29 is 4.79 Å². The van der Waals surface area contributed by atoms with Crippen molar-refractivity contribution in [3.05, 3.63) is 18.0 Å². The number of carbonyl (C=O) groups excluding carboxylic acids is 1. The standard InChI is InChI=1S/C6H9N3O/c1-9(5-10)4-6-2-3-7-8-6/h2-3,5H,4H2,1H3,(H,7,8). The van der Waals surface area contributed by atoms with Gasteiger partial charge in [0.05, 0.1) is 12.2 Å². The Hall–Kier alpha value is -1.32. The van der Waals surface area contributed by atoms with Crippen LogP contribution in [0.5, 0.6) is 0 Å². The zero-order chi connectivity index (χ0) is 7.40. The Morgan fingerprint density at radius 3 is 3.20 bits per heavy atom. The predicted molar refractivity (Wildman–Crippen MR) is 36.1 cm³/mol. The third-order valence-electron chi connectivity index (χ3n) is 1.16. The minimum absolute atomic E-state index is 0.587. The fraction of sp³-hybridized carbons (Fsp3) is 0.333. The van der Waals surface area contributed by atoms with Crippen LogP contribution < -0.4 is 0 Å². The summed E-state index contributed by atoms with van der Waals surface area (Å²) in [4.78, 5) is 11.7. The maximum absolute atomic E-state index is 10.1. The minimum Gasteiger partial charge on any atom is -0.342 e. The Morgan fingerprint density at radius 1 is 1.90 bits per heavy atom. The second-order valence-corrected chi connectivity index (χ2v) is 2.10. The van der Waals surface area contributed by atoms with Crippen LogP contribution >= 0.6 is 0 Å². The Bertz CT molecular complexity index is 195. The second-order valence-electron chi connectivity index (χ2n) is 2.10. The van der Waals surface area contributed by atoms with E-state index in [0.717, 1.165) is 12.1 Å². The van der Waals surface area contributed by atoms with Gasteiger partial charge in [-0.1, -0.05) is 0 Å². The maximum atomic E-state index is 10.1. The van der Waals surface area contributed by atoms with Gasteiger partial charge in [0.2, 0.25) is 6.41 Å². The first-order chi connectivity index (χ1) is 4.83. The van der Waals surface area contributed by atoms with Crippen LogP contribution in [0.4, 0.5) is 0 Å². The van der Waals surface area contributed by atoms with Gasteiger partial charge in [-0.25, -0.2) is 0 Å². The van der Waals surface area contributed by atoms with Gasteiger partial charge in [-0.05, 0) is 6.07 Å². The summed E-state index contributed by atoms with van der Waals surface area (Å²) >= 11 is 0. The first-order valence-electron chi connectivity index (χ1n) is 2.96. The molecule has 0 aliphatic rings. The topological polar surface area (TPSA) is 49.0 Å². The van der Waals surface area contributed by atoms with E-state index in [1.807, 2.05) is 6.07 Å². The number of amides is 1. The Balaban J connectivity index is 2.47. The van der Waals surface area contributed by atoms with Crippen molar-refractivity contribution in [1.29, 1.82) is 0 Å². The summed E-state index contributed by atoms with van der Waals surface area (Å²) in [5.41, 5.74) is 0.939. The molecule has 10 heavy (non-hydrogen) atoms. The summed E-state index contributed by atoms with van der Waals surface area (Å²) in [6.07, 6.45) is 2.44. The highest BCUT2D eigenvalue weighted by Gasteiger charge is 1.95. The van der Waals surface area contributed by atoms with Crippen molar-refractivity contribution >= 4 is 6.41 Å². The molecule has 0 saturated carbocycles. The lowest BCUT2D eigenvalue weighted by Gasteiger charge is -2.06. The fourth-order valence-electron chi connectivity index (χ4n) is 0.679. The normalized spacial score (nSPS) is 9.30. The van der Waals surface area contributed by atoms with E-state index in [0.29, 0.717) is 6.54 Å². The molecule has 1 aromatic rings. The van der Waals surface area contributed by atoms with E-state index in [4.69, 9.17) is 0 Å². The number of aromatic nitrogens is 2. The molecule has 0 fully saturated rings. The van der Waals surface area contributed by atoms with E-state index in [-0.39, 0.29) is 0 Å². The minimum atomic E-state index is 0.587. The third kappa shape index (κ3) is 1.58. The van der Waals surface area contributed by atoms with E-state index >= 15 is 0 Å². The van der Waals surface area contributed by atoms with Crippen LogP contribution in [0, 0.1) is 0 Å². The largest absolute Gasteiger partial charge is 0.342 e. The van der Waals surface area contributed by atoms with Crippen LogP contribution in [0.3, 0.4) is 0 Å². The van der Waals surface area contributed by atoms with Crippen LogP contribution in [-0.4, -0.2) is 28.6 Å². The lowest BCUT2D eigenvalue weighted by molar-refractivity contribution is -0.117. The highest BCUT2D eigenvalue weighted by molar-refractivity contribution is 5.46. The lowest BCUT2D eigenvalue weighted by atomic mass is 10.4. The third-order valence-corrected chi connectivity index (χ3v) is 1.16. The zero-order valence-corrected chi connectivity index (χ0v) is 5.74. The van der Waals surface area contributed by atoms with Crippen LogP contribution in [0.25, 0.3) is 0 Å². The number of nitrogens with one attached hydrogen (secondary N) is 1. The number of nitrogens with zero attached hydrogens (tertiary/aromatic N) is 2. The molecule has 4 heteroatoms. The van der Waals surface area contributed by atoms with Crippen LogP contribution in [0.1, 0.15) is 5.69 Å². The second kappa shape index (κ2) is 3.00. The smallest absolute Gasteiger partial charge is 0.209 e. The van der Waals surface area contributed by atoms with Crippen molar-refractivity contribution in [3.8, 4) is 0 Å². The highest BCUT2D eigenvalue weighted by Crippen LogP contribution is 1.93.